The van der Waals surface area contributed by atoms with Crippen LogP contribution in [-0.2, 0) is 4.74 Å². The smallest absolute Gasteiger partial charge is 0.360 e. The molecule has 21 heavy (non-hydrogen) atoms. The van der Waals surface area contributed by atoms with E-state index in [-0.39, 0.29) is 17.5 Å². The van der Waals surface area contributed by atoms with E-state index in [1.807, 2.05) is 0 Å². The zero-order valence-corrected chi connectivity index (χ0v) is 13.6. The number of benzene rings is 1. The van der Waals surface area contributed by atoms with Crippen molar-refractivity contribution in [3.05, 3.63) is 44.8 Å². The molecular formula is C14H11Cl3N2O2. The van der Waals surface area contributed by atoms with Crippen LogP contribution in [0.15, 0.2) is 18.2 Å². The van der Waals surface area contributed by atoms with E-state index in [1.165, 1.54) is 0 Å². The predicted molar refractivity (Wildman–Crippen MR) is 83.2 cm³/mol. The molecule has 0 radical (unpaired) electrons. The number of aryl methyl sites for hydroxylation is 1. The minimum atomic E-state index is -0.630. The number of ether oxygens (including phenoxy) is 1. The van der Waals surface area contributed by atoms with Crippen molar-refractivity contribution in [2.45, 2.75) is 13.8 Å². The SMILES string of the molecule is CCOC(=O)c1nc(-c2cccc(Cl)c2Cl)c(C)nc1Cl. The third-order valence-corrected chi connectivity index (χ3v) is 3.79. The third-order valence-electron chi connectivity index (χ3n) is 2.70. The summed E-state index contributed by atoms with van der Waals surface area (Å²) in [5.41, 5.74) is 1.51. The second-order valence-electron chi connectivity index (χ2n) is 4.12. The van der Waals surface area contributed by atoms with Crippen molar-refractivity contribution in [1.29, 1.82) is 0 Å². The number of nitrogens with zero attached hydrogens (tertiary/aromatic N) is 2. The van der Waals surface area contributed by atoms with Crippen LogP contribution in [0.4, 0.5) is 0 Å². The summed E-state index contributed by atoms with van der Waals surface area (Å²) in [6.45, 7) is 3.64. The highest BCUT2D eigenvalue weighted by Crippen LogP contribution is 2.34. The van der Waals surface area contributed by atoms with Crippen molar-refractivity contribution in [2.24, 2.45) is 0 Å². The van der Waals surface area contributed by atoms with E-state index in [0.717, 1.165) is 0 Å². The molecule has 2 rings (SSSR count). The summed E-state index contributed by atoms with van der Waals surface area (Å²) >= 11 is 18.1. The van der Waals surface area contributed by atoms with Crippen molar-refractivity contribution in [3.63, 3.8) is 0 Å². The molecular weight excluding hydrogens is 335 g/mol. The fourth-order valence-corrected chi connectivity index (χ4v) is 2.40. The Hall–Kier alpha value is -1.36. The maximum atomic E-state index is 11.8. The molecule has 7 heteroatoms. The van der Waals surface area contributed by atoms with Crippen molar-refractivity contribution in [2.75, 3.05) is 6.61 Å². The molecule has 0 saturated carbocycles. The van der Waals surface area contributed by atoms with Crippen LogP contribution >= 0.6 is 34.8 Å². The fourth-order valence-electron chi connectivity index (χ4n) is 1.76. The molecule has 0 aliphatic heterocycles. The molecule has 0 bridgehead atoms. The van der Waals surface area contributed by atoms with Crippen LogP contribution in [0.1, 0.15) is 23.1 Å². The van der Waals surface area contributed by atoms with E-state index in [2.05, 4.69) is 9.97 Å². The van der Waals surface area contributed by atoms with Crippen LogP contribution in [-0.4, -0.2) is 22.5 Å². The van der Waals surface area contributed by atoms with E-state index in [9.17, 15) is 4.79 Å². The fraction of sp³-hybridized carbons (Fsp3) is 0.214. The first-order valence-corrected chi connectivity index (χ1v) is 7.24. The predicted octanol–water partition coefficient (Wildman–Crippen LogP) is 4.59. The summed E-state index contributed by atoms with van der Waals surface area (Å²) in [6, 6.07) is 5.15. The van der Waals surface area contributed by atoms with Crippen LogP contribution in [0.3, 0.4) is 0 Å². The lowest BCUT2D eigenvalue weighted by Crippen LogP contribution is -2.11. The largest absolute Gasteiger partial charge is 0.461 e. The highest BCUT2D eigenvalue weighted by molar-refractivity contribution is 6.43. The van der Waals surface area contributed by atoms with Crippen LogP contribution in [0.25, 0.3) is 11.3 Å². The van der Waals surface area contributed by atoms with Gasteiger partial charge in [0.2, 0.25) is 0 Å². The van der Waals surface area contributed by atoms with Gasteiger partial charge in [-0.05, 0) is 19.9 Å². The Morgan fingerprint density at radius 3 is 2.62 bits per heavy atom. The molecule has 0 unspecified atom stereocenters. The van der Waals surface area contributed by atoms with Crippen molar-refractivity contribution >= 4 is 40.8 Å². The number of carbonyl (C=O) groups is 1. The molecule has 110 valence electrons. The van der Waals surface area contributed by atoms with Gasteiger partial charge in [0, 0.05) is 5.56 Å². The lowest BCUT2D eigenvalue weighted by molar-refractivity contribution is 0.0519. The lowest BCUT2D eigenvalue weighted by Gasteiger charge is -2.10. The van der Waals surface area contributed by atoms with Gasteiger partial charge in [-0.1, -0.05) is 46.9 Å². The maximum Gasteiger partial charge on any atom is 0.360 e. The van der Waals surface area contributed by atoms with Gasteiger partial charge in [0.15, 0.2) is 10.8 Å². The summed E-state index contributed by atoms with van der Waals surface area (Å²) in [7, 11) is 0. The minimum absolute atomic E-state index is 0.00662. The number of aromatic nitrogens is 2. The highest BCUT2D eigenvalue weighted by atomic mass is 35.5. The highest BCUT2D eigenvalue weighted by Gasteiger charge is 2.20. The van der Waals surface area contributed by atoms with Gasteiger partial charge >= 0.3 is 5.97 Å². The Kier molecular flexibility index (Phi) is 5.04. The van der Waals surface area contributed by atoms with Crippen molar-refractivity contribution in [1.82, 2.24) is 9.97 Å². The second-order valence-corrected chi connectivity index (χ2v) is 5.26. The van der Waals surface area contributed by atoms with E-state index in [4.69, 9.17) is 39.5 Å². The topological polar surface area (TPSA) is 52.1 Å². The molecule has 0 spiro atoms. The molecule has 1 heterocycles. The Morgan fingerprint density at radius 1 is 1.24 bits per heavy atom. The van der Waals surface area contributed by atoms with Gasteiger partial charge < -0.3 is 4.74 Å². The van der Waals surface area contributed by atoms with Gasteiger partial charge in [-0.2, -0.15) is 0 Å². The summed E-state index contributed by atoms with van der Waals surface area (Å²) in [5.74, 6) is -0.630. The minimum Gasteiger partial charge on any atom is -0.461 e. The number of hydrogen-bond donors (Lipinski definition) is 0. The monoisotopic (exact) mass is 344 g/mol. The normalized spacial score (nSPS) is 10.5. The zero-order valence-electron chi connectivity index (χ0n) is 11.3. The van der Waals surface area contributed by atoms with Crippen molar-refractivity contribution in [3.8, 4) is 11.3 Å². The van der Waals surface area contributed by atoms with Gasteiger partial charge in [0.1, 0.15) is 0 Å². The van der Waals surface area contributed by atoms with Gasteiger partial charge in [-0.3, -0.25) is 0 Å². The molecule has 0 aliphatic rings. The number of esters is 1. The van der Waals surface area contributed by atoms with Gasteiger partial charge in [0.05, 0.1) is 28.0 Å². The first kappa shape index (κ1) is 16.0. The Balaban J connectivity index is 2.61. The van der Waals surface area contributed by atoms with Gasteiger partial charge in [-0.25, -0.2) is 14.8 Å². The molecule has 2 aromatic rings. The van der Waals surface area contributed by atoms with Crippen molar-refractivity contribution < 1.29 is 9.53 Å². The molecule has 0 aliphatic carbocycles. The first-order chi connectivity index (χ1) is 9.95. The molecule has 4 nitrogen and oxygen atoms in total. The molecule has 0 atom stereocenters. The Morgan fingerprint density at radius 2 is 1.95 bits per heavy atom. The summed E-state index contributed by atoms with van der Waals surface area (Å²) in [5, 5.41) is 0.726. The average molecular weight is 346 g/mol. The summed E-state index contributed by atoms with van der Waals surface area (Å²) in [6.07, 6.45) is 0. The quantitative estimate of drug-likeness (QED) is 0.764. The number of rotatable bonds is 3. The van der Waals surface area contributed by atoms with E-state index in [1.54, 1.807) is 32.0 Å². The maximum absolute atomic E-state index is 11.8. The van der Waals surface area contributed by atoms with Crippen LogP contribution < -0.4 is 0 Å². The Labute approximate surface area is 137 Å². The molecule has 0 saturated heterocycles. The van der Waals surface area contributed by atoms with Crippen LogP contribution in [0.5, 0.6) is 0 Å². The molecule has 1 aromatic carbocycles. The molecule has 0 fully saturated rings. The molecule has 0 N–H and O–H groups in total. The van der Waals surface area contributed by atoms with Crippen LogP contribution in [0.2, 0.25) is 15.2 Å². The van der Waals surface area contributed by atoms with Gasteiger partial charge in [0.25, 0.3) is 0 Å². The standard InChI is InChI=1S/C14H11Cl3N2O2/c1-3-21-14(20)12-13(17)18-7(2)11(19-12)8-5-4-6-9(15)10(8)16/h4-6H,3H2,1-2H3. The molecule has 0 amide bonds. The number of halogens is 3. The molecule has 1 aromatic heterocycles. The van der Waals surface area contributed by atoms with E-state index < -0.39 is 5.97 Å². The second kappa shape index (κ2) is 6.60. The Bertz CT molecular complexity index is 705. The zero-order chi connectivity index (χ0) is 15.6. The van der Waals surface area contributed by atoms with Crippen LogP contribution in [0, 0.1) is 6.92 Å². The number of carbonyl (C=O) groups excluding carboxylic acids is 1. The van der Waals surface area contributed by atoms with Gasteiger partial charge in [-0.15, -0.1) is 0 Å². The first-order valence-electron chi connectivity index (χ1n) is 6.11. The summed E-state index contributed by atoms with van der Waals surface area (Å²) < 4.78 is 4.91. The number of hydrogen-bond acceptors (Lipinski definition) is 4. The average Bonchev–Trinajstić information content (AvgIpc) is 2.43. The van der Waals surface area contributed by atoms with E-state index >= 15 is 0 Å². The lowest BCUT2D eigenvalue weighted by atomic mass is 10.1. The van der Waals surface area contributed by atoms with E-state index in [0.29, 0.717) is 27.0 Å². The third kappa shape index (κ3) is 3.28. The summed E-state index contributed by atoms with van der Waals surface area (Å²) in [4.78, 5) is 20.2.